The number of carbonyl (C=O) groups is 1. The van der Waals surface area contributed by atoms with Gasteiger partial charge in [-0.05, 0) is 30.2 Å². The third kappa shape index (κ3) is 3.64. The van der Waals surface area contributed by atoms with Crippen molar-refractivity contribution in [1.82, 2.24) is 0 Å². The third-order valence-corrected chi connectivity index (χ3v) is 2.72. The van der Waals surface area contributed by atoms with E-state index in [1.165, 1.54) is 6.92 Å². The van der Waals surface area contributed by atoms with Gasteiger partial charge in [-0.1, -0.05) is 6.92 Å². The van der Waals surface area contributed by atoms with Crippen LogP contribution in [0.25, 0.3) is 0 Å². The Morgan fingerprint density at radius 3 is 1.70 bits per heavy atom. The second-order valence-corrected chi connectivity index (χ2v) is 4.14. The zero-order valence-electron chi connectivity index (χ0n) is 10.1. The molecule has 0 fully saturated rings. The molecule has 0 amide bonds. The van der Waals surface area contributed by atoms with Crippen LogP contribution >= 0.6 is 0 Å². The maximum absolute atomic E-state index is 12.6. The topological polar surface area (TPSA) is 37.3 Å². The Bertz CT molecular complexity index is 471. The fourth-order valence-electron chi connectivity index (χ4n) is 1.73. The predicted octanol–water partition coefficient (Wildman–Crippen LogP) is 4.30. The standard InChI is InChI=1S/C12H10F6O2/c1-2-9(10(19)20)6-3-7(11(13,14)15)5-8(4-6)12(16,17)18/h3-5,9H,2H2,1H3,(H,19,20). The molecular weight excluding hydrogens is 290 g/mol. The monoisotopic (exact) mass is 300 g/mol. The van der Waals surface area contributed by atoms with E-state index in [1.807, 2.05) is 0 Å². The van der Waals surface area contributed by atoms with Gasteiger partial charge in [-0.15, -0.1) is 0 Å². The highest BCUT2D eigenvalue weighted by Crippen LogP contribution is 2.38. The van der Waals surface area contributed by atoms with Crippen LogP contribution in [0.3, 0.4) is 0 Å². The Kier molecular flexibility index (Phi) is 4.36. The number of rotatable bonds is 3. The van der Waals surface area contributed by atoms with Gasteiger partial charge in [-0.25, -0.2) is 0 Å². The molecule has 0 heterocycles. The number of benzene rings is 1. The molecule has 1 rings (SSSR count). The molecule has 1 aromatic carbocycles. The molecule has 0 bridgehead atoms. The highest BCUT2D eigenvalue weighted by molar-refractivity contribution is 5.76. The van der Waals surface area contributed by atoms with E-state index >= 15 is 0 Å². The average molecular weight is 300 g/mol. The Labute approximate surface area is 110 Å². The van der Waals surface area contributed by atoms with Gasteiger partial charge in [-0.3, -0.25) is 4.79 Å². The van der Waals surface area contributed by atoms with Gasteiger partial charge in [0.1, 0.15) is 0 Å². The predicted molar refractivity (Wildman–Crippen MR) is 57.1 cm³/mol. The third-order valence-electron chi connectivity index (χ3n) is 2.72. The second-order valence-electron chi connectivity index (χ2n) is 4.14. The van der Waals surface area contributed by atoms with E-state index in [0.717, 1.165) is 0 Å². The molecule has 1 N–H and O–H groups in total. The van der Waals surface area contributed by atoms with Gasteiger partial charge in [-0.2, -0.15) is 26.3 Å². The summed E-state index contributed by atoms with van der Waals surface area (Å²) in [5.41, 5.74) is -3.54. The number of hydrogen-bond acceptors (Lipinski definition) is 1. The lowest BCUT2D eigenvalue weighted by molar-refractivity contribution is -0.144. The highest BCUT2D eigenvalue weighted by Gasteiger charge is 2.38. The van der Waals surface area contributed by atoms with Gasteiger partial charge < -0.3 is 5.11 Å². The summed E-state index contributed by atoms with van der Waals surface area (Å²) in [6.45, 7) is 1.37. The lowest BCUT2D eigenvalue weighted by Gasteiger charge is -2.17. The van der Waals surface area contributed by atoms with Gasteiger partial charge in [0.05, 0.1) is 17.0 Å². The average Bonchev–Trinajstić information content (AvgIpc) is 2.26. The first kappa shape index (κ1) is 16.3. The Morgan fingerprint density at radius 2 is 1.45 bits per heavy atom. The minimum Gasteiger partial charge on any atom is -0.481 e. The fourth-order valence-corrected chi connectivity index (χ4v) is 1.73. The molecule has 0 radical (unpaired) electrons. The van der Waals surface area contributed by atoms with E-state index in [2.05, 4.69) is 0 Å². The summed E-state index contributed by atoms with van der Waals surface area (Å²) in [5.74, 6) is -2.89. The minimum absolute atomic E-state index is 0.0297. The Morgan fingerprint density at radius 1 is 1.05 bits per heavy atom. The van der Waals surface area contributed by atoms with E-state index < -0.39 is 40.9 Å². The van der Waals surface area contributed by atoms with Crippen molar-refractivity contribution in [3.8, 4) is 0 Å². The summed E-state index contributed by atoms with van der Waals surface area (Å²) in [5, 5.41) is 8.85. The summed E-state index contributed by atoms with van der Waals surface area (Å²) >= 11 is 0. The smallest absolute Gasteiger partial charge is 0.416 e. The summed E-state index contributed by atoms with van der Waals surface area (Å²) in [6.07, 6.45) is -10.1. The number of hydrogen-bond donors (Lipinski definition) is 1. The van der Waals surface area contributed by atoms with Crippen molar-refractivity contribution in [2.45, 2.75) is 31.6 Å². The molecule has 1 aromatic rings. The maximum Gasteiger partial charge on any atom is 0.416 e. The first-order valence-electron chi connectivity index (χ1n) is 5.49. The van der Waals surface area contributed by atoms with Crippen LogP contribution in [0.15, 0.2) is 18.2 Å². The molecule has 20 heavy (non-hydrogen) atoms. The number of halogens is 6. The number of aliphatic carboxylic acids is 1. The quantitative estimate of drug-likeness (QED) is 0.845. The van der Waals surface area contributed by atoms with Gasteiger partial charge in [0.25, 0.3) is 0 Å². The molecule has 0 aliphatic carbocycles. The van der Waals surface area contributed by atoms with Crippen molar-refractivity contribution in [3.63, 3.8) is 0 Å². The highest BCUT2D eigenvalue weighted by atomic mass is 19.4. The normalized spacial score (nSPS) is 14.2. The zero-order chi connectivity index (χ0) is 15.7. The van der Waals surface area contributed by atoms with E-state index in [4.69, 9.17) is 5.11 Å². The first-order chi connectivity index (χ1) is 8.96. The zero-order valence-corrected chi connectivity index (χ0v) is 10.1. The summed E-state index contributed by atoms with van der Waals surface area (Å²) in [6, 6.07) is 0.854. The van der Waals surface area contributed by atoms with Crippen molar-refractivity contribution in [2.24, 2.45) is 0 Å². The van der Waals surface area contributed by atoms with Crippen molar-refractivity contribution >= 4 is 5.97 Å². The summed E-state index contributed by atoms with van der Waals surface area (Å²) in [4.78, 5) is 10.9. The van der Waals surface area contributed by atoms with Gasteiger partial charge in [0.2, 0.25) is 0 Å². The first-order valence-corrected chi connectivity index (χ1v) is 5.49. The summed E-state index contributed by atoms with van der Waals surface area (Å²) in [7, 11) is 0. The molecule has 0 aliphatic rings. The molecule has 0 spiro atoms. The lowest BCUT2D eigenvalue weighted by Crippen LogP contribution is -2.16. The molecule has 0 saturated carbocycles. The largest absolute Gasteiger partial charge is 0.481 e. The molecule has 0 aliphatic heterocycles. The van der Waals surface area contributed by atoms with Crippen LogP contribution < -0.4 is 0 Å². The van der Waals surface area contributed by atoms with Crippen LogP contribution in [0.2, 0.25) is 0 Å². The molecule has 2 nitrogen and oxygen atoms in total. The van der Waals surface area contributed by atoms with Crippen molar-refractivity contribution in [2.75, 3.05) is 0 Å². The van der Waals surface area contributed by atoms with Crippen LogP contribution in [0.4, 0.5) is 26.3 Å². The van der Waals surface area contributed by atoms with E-state index in [0.29, 0.717) is 12.1 Å². The van der Waals surface area contributed by atoms with Gasteiger partial charge in [0, 0.05) is 0 Å². The van der Waals surface area contributed by atoms with Crippen molar-refractivity contribution < 1.29 is 36.2 Å². The second kappa shape index (κ2) is 5.34. The molecule has 112 valence electrons. The molecule has 0 saturated heterocycles. The van der Waals surface area contributed by atoms with Crippen LogP contribution in [0.1, 0.15) is 36.0 Å². The van der Waals surface area contributed by atoms with E-state index in [9.17, 15) is 31.1 Å². The van der Waals surface area contributed by atoms with Crippen LogP contribution in [-0.2, 0) is 17.1 Å². The SMILES string of the molecule is CCC(C(=O)O)c1cc(C(F)(F)F)cc(C(F)(F)F)c1. The Hall–Kier alpha value is -1.73. The summed E-state index contributed by atoms with van der Waals surface area (Å²) < 4.78 is 75.5. The molecular formula is C12H10F6O2. The molecule has 1 atom stereocenters. The molecule has 8 heteroatoms. The van der Waals surface area contributed by atoms with Gasteiger partial charge in [0.15, 0.2) is 0 Å². The minimum atomic E-state index is -4.98. The van der Waals surface area contributed by atoms with E-state index in [-0.39, 0.29) is 12.5 Å². The van der Waals surface area contributed by atoms with Crippen LogP contribution in [0.5, 0.6) is 0 Å². The lowest BCUT2D eigenvalue weighted by atomic mass is 9.92. The van der Waals surface area contributed by atoms with Gasteiger partial charge >= 0.3 is 18.3 Å². The maximum atomic E-state index is 12.6. The fraction of sp³-hybridized carbons (Fsp3) is 0.417. The number of carboxylic acids is 1. The van der Waals surface area contributed by atoms with E-state index in [1.54, 1.807) is 0 Å². The number of alkyl halides is 6. The Balaban J connectivity index is 3.49. The van der Waals surface area contributed by atoms with Crippen LogP contribution in [0, 0.1) is 0 Å². The number of carboxylic acid groups (broad SMARTS) is 1. The van der Waals surface area contributed by atoms with Crippen molar-refractivity contribution in [3.05, 3.63) is 34.9 Å². The molecule has 1 unspecified atom stereocenters. The molecule has 0 aromatic heterocycles. The van der Waals surface area contributed by atoms with Crippen LogP contribution in [-0.4, -0.2) is 11.1 Å². The van der Waals surface area contributed by atoms with Crippen molar-refractivity contribution in [1.29, 1.82) is 0 Å².